The van der Waals surface area contributed by atoms with E-state index in [2.05, 4.69) is 5.32 Å². The highest BCUT2D eigenvalue weighted by Crippen LogP contribution is 2.36. The fourth-order valence-corrected chi connectivity index (χ4v) is 2.10. The molecular weight excluding hydrogens is 244 g/mol. The number of ether oxygens (including phenoxy) is 2. The van der Waals surface area contributed by atoms with Crippen LogP contribution in [0.5, 0.6) is 11.5 Å². The molecule has 1 aliphatic heterocycles. The van der Waals surface area contributed by atoms with Gasteiger partial charge in [0.25, 0.3) is 5.91 Å². The van der Waals surface area contributed by atoms with E-state index >= 15 is 0 Å². The van der Waals surface area contributed by atoms with E-state index in [0.717, 1.165) is 12.8 Å². The van der Waals surface area contributed by atoms with Crippen molar-refractivity contribution in [1.82, 2.24) is 5.32 Å². The zero-order valence-corrected chi connectivity index (χ0v) is 11.4. The van der Waals surface area contributed by atoms with Crippen LogP contribution in [0.3, 0.4) is 0 Å². The summed E-state index contributed by atoms with van der Waals surface area (Å²) >= 11 is 0. The molecule has 19 heavy (non-hydrogen) atoms. The van der Waals surface area contributed by atoms with Gasteiger partial charge in [-0.3, -0.25) is 4.79 Å². The van der Waals surface area contributed by atoms with Gasteiger partial charge in [-0.15, -0.1) is 0 Å². The minimum atomic E-state index is -0.164. The highest BCUT2D eigenvalue weighted by molar-refractivity contribution is 5.99. The molecule has 0 radical (unpaired) electrons. The molecule has 1 amide bonds. The lowest BCUT2D eigenvalue weighted by Crippen LogP contribution is -2.34. The molecule has 2 rings (SSSR count). The second kappa shape index (κ2) is 5.82. The lowest BCUT2D eigenvalue weighted by molar-refractivity contribution is 0.0924. The molecule has 0 spiro atoms. The smallest absolute Gasteiger partial charge is 0.255 e. The minimum absolute atomic E-state index is 0.161. The van der Waals surface area contributed by atoms with Crippen LogP contribution >= 0.6 is 0 Å². The topological polar surface area (TPSA) is 73.6 Å². The molecule has 0 saturated heterocycles. The van der Waals surface area contributed by atoms with E-state index in [1.807, 2.05) is 13.8 Å². The molecule has 0 atom stereocenters. The van der Waals surface area contributed by atoms with Crippen LogP contribution in [0.2, 0.25) is 0 Å². The van der Waals surface area contributed by atoms with E-state index < -0.39 is 0 Å². The van der Waals surface area contributed by atoms with Gasteiger partial charge in [0.15, 0.2) is 11.5 Å². The average Bonchev–Trinajstić information content (AvgIpc) is 2.43. The van der Waals surface area contributed by atoms with Gasteiger partial charge >= 0.3 is 0 Å². The number of anilines is 1. The van der Waals surface area contributed by atoms with Crippen LogP contribution in [-0.4, -0.2) is 25.2 Å². The van der Waals surface area contributed by atoms with Crippen LogP contribution in [0.15, 0.2) is 12.1 Å². The molecule has 1 aliphatic rings. The maximum absolute atomic E-state index is 12.3. The number of nitrogen functional groups attached to an aromatic ring is 1. The number of amides is 1. The molecule has 3 N–H and O–H groups in total. The number of nitrogens with one attached hydrogen (secondary N) is 1. The third kappa shape index (κ3) is 2.92. The monoisotopic (exact) mass is 264 g/mol. The van der Waals surface area contributed by atoms with E-state index in [-0.39, 0.29) is 11.9 Å². The summed E-state index contributed by atoms with van der Waals surface area (Å²) in [5.74, 6) is 0.868. The van der Waals surface area contributed by atoms with Gasteiger partial charge in [0.2, 0.25) is 0 Å². The number of rotatable bonds is 4. The molecule has 0 fully saturated rings. The van der Waals surface area contributed by atoms with Gasteiger partial charge in [-0.05, 0) is 18.9 Å². The molecule has 5 heteroatoms. The summed E-state index contributed by atoms with van der Waals surface area (Å²) in [5.41, 5.74) is 6.75. The normalized spacial score (nSPS) is 13.4. The van der Waals surface area contributed by atoms with Crippen molar-refractivity contribution in [2.24, 2.45) is 0 Å². The number of benzene rings is 1. The highest BCUT2D eigenvalue weighted by Gasteiger charge is 2.22. The van der Waals surface area contributed by atoms with Crippen molar-refractivity contribution in [3.8, 4) is 11.5 Å². The highest BCUT2D eigenvalue weighted by atomic mass is 16.6. The van der Waals surface area contributed by atoms with Crippen LogP contribution in [0.4, 0.5) is 5.69 Å². The first-order valence-electron chi connectivity index (χ1n) is 6.65. The Morgan fingerprint density at radius 3 is 2.68 bits per heavy atom. The zero-order valence-electron chi connectivity index (χ0n) is 11.4. The molecule has 1 aromatic carbocycles. The Bertz CT molecular complexity index is 470. The SMILES string of the molecule is CCC(CC)NC(=O)c1cc(N)cc2c1OCCO2. The Morgan fingerprint density at radius 1 is 1.32 bits per heavy atom. The lowest BCUT2D eigenvalue weighted by atomic mass is 10.1. The van der Waals surface area contributed by atoms with Gasteiger partial charge in [-0.25, -0.2) is 0 Å². The van der Waals surface area contributed by atoms with Crippen LogP contribution in [0.25, 0.3) is 0 Å². The molecule has 1 aromatic rings. The third-order valence-electron chi connectivity index (χ3n) is 3.23. The Hall–Kier alpha value is -1.91. The summed E-state index contributed by atoms with van der Waals surface area (Å²) in [6.45, 7) is 5.01. The van der Waals surface area contributed by atoms with Crippen molar-refractivity contribution in [2.45, 2.75) is 32.7 Å². The van der Waals surface area contributed by atoms with Crippen molar-refractivity contribution < 1.29 is 14.3 Å². The van der Waals surface area contributed by atoms with Crippen LogP contribution in [0.1, 0.15) is 37.0 Å². The summed E-state index contributed by atoms with van der Waals surface area (Å²) in [6.07, 6.45) is 1.79. The molecule has 0 saturated carbocycles. The molecule has 1 heterocycles. The van der Waals surface area contributed by atoms with Gasteiger partial charge in [0, 0.05) is 17.8 Å². The second-order valence-corrected chi connectivity index (χ2v) is 4.58. The number of carbonyl (C=O) groups excluding carboxylic acids is 1. The Morgan fingerprint density at radius 2 is 2.00 bits per heavy atom. The van der Waals surface area contributed by atoms with Crippen LogP contribution in [0, 0.1) is 0 Å². The standard InChI is InChI=1S/C14H20N2O3/c1-3-10(4-2)16-14(17)11-7-9(15)8-12-13(11)19-6-5-18-12/h7-8,10H,3-6,15H2,1-2H3,(H,16,17). The second-order valence-electron chi connectivity index (χ2n) is 4.58. The number of hydrogen-bond donors (Lipinski definition) is 2. The molecule has 0 bridgehead atoms. The van der Waals surface area contributed by atoms with Crippen molar-refractivity contribution in [2.75, 3.05) is 18.9 Å². The van der Waals surface area contributed by atoms with E-state index in [4.69, 9.17) is 15.2 Å². The molecule has 104 valence electrons. The lowest BCUT2D eigenvalue weighted by Gasteiger charge is -2.22. The summed E-state index contributed by atoms with van der Waals surface area (Å²) in [7, 11) is 0. The fourth-order valence-electron chi connectivity index (χ4n) is 2.10. The number of hydrogen-bond acceptors (Lipinski definition) is 4. The molecule has 0 unspecified atom stereocenters. The third-order valence-corrected chi connectivity index (χ3v) is 3.23. The predicted octanol–water partition coefficient (Wildman–Crippen LogP) is 1.96. The first-order chi connectivity index (χ1) is 9.15. The summed E-state index contributed by atoms with van der Waals surface area (Å²) in [5, 5.41) is 2.98. The van der Waals surface area contributed by atoms with Crippen LogP contribution < -0.4 is 20.5 Å². The largest absolute Gasteiger partial charge is 0.486 e. The van der Waals surface area contributed by atoms with Crippen molar-refractivity contribution in [3.63, 3.8) is 0 Å². The molecule has 5 nitrogen and oxygen atoms in total. The van der Waals surface area contributed by atoms with Crippen molar-refractivity contribution in [1.29, 1.82) is 0 Å². The minimum Gasteiger partial charge on any atom is -0.486 e. The van der Waals surface area contributed by atoms with Gasteiger partial charge in [0.1, 0.15) is 13.2 Å². The maximum atomic E-state index is 12.3. The van der Waals surface area contributed by atoms with Gasteiger partial charge in [0.05, 0.1) is 5.56 Å². The molecule has 0 aliphatic carbocycles. The van der Waals surface area contributed by atoms with E-state index in [1.54, 1.807) is 12.1 Å². The quantitative estimate of drug-likeness (QED) is 0.815. The first-order valence-corrected chi connectivity index (χ1v) is 6.65. The summed E-state index contributed by atoms with van der Waals surface area (Å²) < 4.78 is 11.0. The van der Waals surface area contributed by atoms with Crippen molar-refractivity contribution in [3.05, 3.63) is 17.7 Å². The van der Waals surface area contributed by atoms with Crippen molar-refractivity contribution >= 4 is 11.6 Å². The summed E-state index contributed by atoms with van der Waals surface area (Å²) in [4.78, 5) is 12.3. The Balaban J connectivity index is 2.28. The van der Waals surface area contributed by atoms with Crippen LogP contribution in [-0.2, 0) is 0 Å². The number of fused-ring (bicyclic) bond motifs is 1. The fraction of sp³-hybridized carbons (Fsp3) is 0.500. The van der Waals surface area contributed by atoms with Gasteiger partial charge in [-0.2, -0.15) is 0 Å². The predicted molar refractivity (Wildman–Crippen MR) is 73.7 cm³/mol. The molecular formula is C14H20N2O3. The zero-order chi connectivity index (χ0) is 13.8. The summed E-state index contributed by atoms with van der Waals surface area (Å²) in [6, 6.07) is 3.47. The average molecular weight is 264 g/mol. The first kappa shape index (κ1) is 13.5. The maximum Gasteiger partial charge on any atom is 0.255 e. The van der Waals surface area contributed by atoms with Gasteiger partial charge in [-0.1, -0.05) is 13.8 Å². The van der Waals surface area contributed by atoms with E-state index in [0.29, 0.717) is 36.0 Å². The van der Waals surface area contributed by atoms with E-state index in [1.165, 1.54) is 0 Å². The Labute approximate surface area is 113 Å². The van der Waals surface area contributed by atoms with E-state index in [9.17, 15) is 4.79 Å². The number of nitrogens with two attached hydrogens (primary N) is 1. The molecule has 0 aromatic heterocycles. The van der Waals surface area contributed by atoms with Gasteiger partial charge < -0.3 is 20.5 Å². The Kier molecular flexibility index (Phi) is 4.14. The number of carbonyl (C=O) groups is 1.